The van der Waals surface area contributed by atoms with Crippen LogP contribution in [0.3, 0.4) is 0 Å². The smallest absolute Gasteiger partial charge is 0.265 e. The van der Waals surface area contributed by atoms with Gasteiger partial charge < -0.3 is 5.11 Å². The van der Waals surface area contributed by atoms with Crippen molar-refractivity contribution in [2.45, 2.75) is 0 Å². The Morgan fingerprint density at radius 2 is 1.68 bits per heavy atom. The topological polar surface area (TPSA) is 67.5 Å². The van der Waals surface area contributed by atoms with Crippen LogP contribution in [0.2, 0.25) is 5.02 Å². The zero-order valence-electron chi connectivity index (χ0n) is 16.2. The van der Waals surface area contributed by atoms with Gasteiger partial charge in [0.2, 0.25) is 5.88 Å². The number of aromatic hydroxyl groups is 1. The van der Waals surface area contributed by atoms with Crippen LogP contribution in [0.15, 0.2) is 94.8 Å². The second-order valence-corrected chi connectivity index (χ2v) is 7.45. The highest BCUT2D eigenvalue weighted by atomic mass is 35.5. The molecule has 31 heavy (non-hydrogen) atoms. The molecule has 3 aromatic carbocycles. The summed E-state index contributed by atoms with van der Waals surface area (Å²) in [7, 11) is 0. The molecule has 0 radical (unpaired) electrons. The van der Waals surface area contributed by atoms with Crippen molar-refractivity contribution in [3.8, 4) is 11.6 Å². The van der Waals surface area contributed by atoms with Gasteiger partial charge in [-0.2, -0.15) is 0 Å². The number of aromatic nitrogens is 2. The van der Waals surface area contributed by atoms with Gasteiger partial charge in [-0.15, -0.1) is 0 Å². The van der Waals surface area contributed by atoms with Gasteiger partial charge in [-0.05, 0) is 48.5 Å². The number of hydrogen-bond donors (Lipinski definition) is 1. The molecule has 0 spiro atoms. The van der Waals surface area contributed by atoms with Crippen molar-refractivity contribution in [3.63, 3.8) is 0 Å². The molecule has 0 amide bonds. The summed E-state index contributed by atoms with van der Waals surface area (Å²) in [6.07, 6.45) is 3.32. The number of rotatable bonds is 3. The van der Waals surface area contributed by atoms with Crippen LogP contribution < -0.4 is 5.56 Å². The lowest BCUT2D eigenvalue weighted by Crippen LogP contribution is -2.20. The van der Waals surface area contributed by atoms with E-state index in [4.69, 9.17) is 11.6 Å². The maximum absolute atomic E-state index is 13.2. The van der Waals surface area contributed by atoms with Crippen LogP contribution in [-0.4, -0.2) is 20.9 Å². The van der Waals surface area contributed by atoms with Crippen LogP contribution in [0.1, 0.15) is 5.56 Å². The predicted molar refractivity (Wildman–Crippen MR) is 125 cm³/mol. The molecule has 2 heterocycles. The van der Waals surface area contributed by atoms with E-state index in [1.54, 1.807) is 54.9 Å². The maximum atomic E-state index is 13.2. The average Bonchev–Trinajstić information content (AvgIpc) is 2.79. The Kier molecular flexibility index (Phi) is 4.73. The Balaban J connectivity index is 1.77. The highest BCUT2D eigenvalue weighted by molar-refractivity contribution is 6.30. The number of benzene rings is 3. The molecule has 2 aromatic heterocycles. The second-order valence-electron chi connectivity index (χ2n) is 7.01. The molecule has 5 nitrogen and oxygen atoms in total. The first-order valence-corrected chi connectivity index (χ1v) is 10.0. The first kappa shape index (κ1) is 19.0. The van der Waals surface area contributed by atoms with E-state index in [9.17, 15) is 9.90 Å². The third-order valence-electron chi connectivity index (χ3n) is 5.13. The third kappa shape index (κ3) is 3.35. The number of hydrogen-bond acceptors (Lipinski definition) is 4. The first-order valence-electron chi connectivity index (χ1n) is 9.64. The van der Waals surface area contributed by atoms with Crippen molar-refractivity contribution in [1.29, 1.82) is 0 Å². The summed E-state index contributed by atoms with van der Waals surface area (Å²) in [4.78, 5) is 22.2. The standard InChI is InChI=1S/C25H16ClN3O2/c26-16-6-3-7-17(14-16)29-24(30)19-9-2-1-8-18(19)21(25(29)31)15-28-23-12-4-11-22-20(23)10-5-13-27-22/h1-15,31H. The van der Waals surface area contributed by atoms with E-state index in [-0.39, 0.29) is 11.4 Å². The lowest BCUT2D eigenvalue weighted by molar-refractivity contribution is 0.436. The molecule has 0 atom stereocenters. The lowest BCUT2D eigenvalue weighted by atomic mass is 10.1. The van der Waals surface area contributed by atoms with Crippen LogP contribution in [-0.2, 0) is 0 Å². The molecule has 5 rings (SSSR count). The Morgan fingerprint density at radius 3 is 2.52 bits per heavy atom. The molecule has 5 aromatic rings. The quantitative estimate of drug-likeness (QED) is 0.380. The number of nitrogens with zero attached hydrogens (tertiary/aromatic N) is 3. The summed E-state index contributed by atoms with van der Waals surface area (Å²) in [6.45, 7) is 0. The Morgan fingerprint density at radius 1 is 0.903 bits per heavy atom. The predicted octanol–water partition coefficient (Wildman–Crippen LogP) is 5.65. The van der Waals surface area contributed by atoms with Crippen molar-refractivity contribution in [2.75, 3.05) is 0 Å². The summed E-state index contributed by atoms with van der Waals surface area (Å²) in [6, 6.07) is 23.4. The van der Waals surface area contributed by atoms with Gasteiger partial charge >= 0.3 is 0 Å². The molecule has 0 bridgehead atoms. The molecule has 0 aliphatic heterocycles. The second kappa shape index (κ2) is 7.70. The summed E-state index contributed by atoms with van der Waals surface area (Å²) < 4.78 is 1.25. The van der Waals surface area contributed by atoms with Gasteiger partial charge in [0.15, 0.2) is 0 Å². The number of halogens is 1. The average molecular weight is 426 g/mol. The fourth-order valence-electron chi connectivity index (χ4n) is 3.68. The minimum atomic E-state index is -0.332. The van der Waals surface area contributed by atoms with Gasteiger partial charge in [-0.3, -0.25) is 14.8 Å². The highest BCUT2D eigenvalue weighted by Crippen LogP contribution is 2.29. The SMILES string of the molecule is O=c1c2ccccc2c(C=Nc2cccc3ncccc23)c(O)n1-c1cccc(Cl)c1. The van der Waals surface area contributed by atoms with E-state index in [1.165, 1.54) is 4.57 Å². The molecular formula is C25H16ClN3O2. The molecule has 150 valence electrons. The van der Waals surface area contributed by atoms with Crippen LogP contribution in [0, 0.1) is 0 Å². The van der Waals surface area contributed by atoms with Gasteiger partial charge in [0.25, 0.3) is 5.56 Å². The maximum Gasteiger partial charge on any atom is 0.265 e. The van der Waals surface area contributed by atoms with Gasteiger partial charge in [-0.25, -0.2) is 4.57 Å². The van der Waals surface area contributed by atoms with Crippen molar-refractivity contribution in [3.05, 3.63) is 106 Å². The molecular weight excluding hydrogens is 410 g/mol. The van der Waals surface area contributed by atoms with Crippen molar-refractivity contribution in [1.82, 2.24) is 9.55 Å². The van der Waals surface area contributed by atoms with Crippen LogP contribution in [0.5, 0.6) is 5.88 Å². The van der Waals surface area contributed by atoms with Crippen molar-refractivity contribution >= 4 is 45.2 Å². The monoisotopic (exact) mass is 425 g/mol. The molecule has 0 aliphatic rings. The summed E-state index contributed by atoms with van der Waals surface area (Å²) in [5, 5.41) is 13.6. The van der Waals surface area contributed by atoms with Crippen molar-refractivity contribution < 1.29 is 5.11 Å². The van der Waals surface area contributed by atoms with E-state index in [2.05, 4.69) is 9.98 Å². The summed E-state index contributed by atoms with van der Waals surface area (Å²) in [5.74, 6) is -0.201. The van der Waals surface area contributed by atoms with Gasteiger partial charge in [0, 0.05) is 33.6 Å². The largest absolute Gasteiger partial charge is 0.494 e. The van der Waals surface area contributed by atoms with E-state index in [0.717, 1.165) is 16.6 Å². The first-order chi connectivity index (χ1) is 15.1. The third-order valence-corrected chi connectivity index (χ3v) is 5.36. The number of fused-ring (bicyclic) bond motifs is 2. The lowest BCUT2D eigenvalue weighted by Gasteiger charge is -2.14. The molecule has 0 fully saturated rings. The minimum Gasteiger partial charge on any atom is -0.494 e. The van der Waals surface area contributed by atoms with Crippen LogP contribution >= 0.6 is 11.6 Å². The zero-order chi connectivity index (χ0) is 21.4. The van der Waals surface area contributed by atoms with Gasteiger partial charge in [0.05, 0.1) is 22.5 Å². The molecule has 6 heteroatoms. The molecule has 0 saturated carbocycles. The summed E-state index contributed by atoms with van der Waals surface area (Å²) in [5.41, 5.74) is 2.13. The fraction of sp³-hybridized carbons (Fsp3) is 0. The molecule has 0 aliphatic carbocycles. The molecule has 1 N–H and O–H groups in total. The molecule has 0 saturated heterocycles. The van der Waals surface area contributed by atoms with E-state index in [0.29, 0.717) is 27.0 Å². The molecule has 0 unspecified atom stereocenters. The van der Waals surface area contributed by atoms with E-state index >= 15 is 0 Å². The minimum absolute atomic E-state index is 0.201. The van der Waals surface area contributed by atoms with Crippen LogP contribution in [0.4, 0.5) is 5.69 Å². The van der Waals surface area contributed by atoms with Crippen LogP contribution in [0.25, 0.3) is 27.4 Å². The summed E-state index contributed by atoms with van der Waals surface area (Å²) >= 11 is 6.12. The Bertz CT molecular complexity index is 1530. The zero-order valence-corrected chi connectivity index (χ0v) is 17.0. The van der Waals surface area contributed by atoms with Gasteiger partial charge in [0.1, 0.15) is 0 Å². The fourth-order valence-corrected chi connectivity index (χ4v) is 3.86. The van der Waals surface area contributed by atoms with E-state index in [1.807, 2.05) is 36.4 Å². The number of pyridine rings is 2. The van der Waals surface area contributed by atoms with Crippen molar-refractivity contribution in [2.24, 2.45) is 4.99 Å². The van der Waals surface area contributed by atoms with E-state index < -0.39 is 0 Å². The Hall–Kier alpha value is -3.96. The normalized spacial score (nSPS) is 11.5. The number of aliphatic imine (C=N–C) groups is 1. The van der Waals surface area contributed by atoms with Gasteiger partial charge in [-0.1, -0.05) is 41.9 Å². The highest BCUT2D eigenvalue weighted by Gasteiger charge is 2.16. The Labute approximate surface area is 182 Å².